The minimum atomic E-state index is -0.590. The van der Waals surface area contributed by atoms with E-state index in [0.717, 1.165) is 10.6 Å². The minimum absolute atomic E-state index is 0.133. The normalized spacial score (nSPS) is 11.8. The number of thiophene rings is 1. The Morgan fingerprint density at radius 1 is 1.55 bits per heavy atom. The molecule has 1 aromatic rings. The average molecular weight is 292 g/mol. The van der Waals surface area contributed by atoms with Crippen LogP contribution >= 0.6 is 11.3 Å². The summed E-state index contributed by atoms with van der Waals surface area (Å²) >= 11 is 1.57. The standard InChI is InChI=1S/C15H20N2O2S/c1-5-15(6-2,7-3)16-14(18)11-19-17-12(4)13-9-8-10-20-13/h1,8-10H,6-7,11H2,2-4H3,(H,16,18). The lowest BCUT2D eigenvalue weighted by Crippen LogP contribution is -2.47. The molecule has 4 nitrogen and oxygen atoms in total. The molecule has 0 saturated carbocycles. The van der Waals surface area contributed by atoms with Crippen LogP contribution in [0.3, 0.4) is 0 Å². The van der Waals surface area contributed by atoms with Crippen LogP contribution in [0.1, 0.15) is 38.5 Å². The molecule has 0 fully saturated rings. The molecule has 5 heteroatoms. The Hall–Kier alpha value is -1.80. The Labute approximate surface area is 124 Å². The van der Waals surface area contributed by atoms with Crippen LogP contribution in [0, 0.1) is 12.3 Å². The van der Waals surface area contributed by atoms with Crippen molar-refractivity contribution in [3.63, 3.8) is 0 Å². The van der Waals surface area contributed by atoms with Crippen molar-refractivity contribution in [1.82, 2.24) is 5.32 Å². The number of nitrogens with zero attached hydrogens (tertiary/aromatic N) is 1. The van der Waals surface area contributed by atoms with E-state index in [1.165, 1.54) is 0 Å². The first-order valence-corrected chi connectivity index (χ1v) is 7.44. The Bertz CT molecular complexity index is 496. The van der Waals surface area contributed by atoms with Crippen LogP contribution in [0.5, 0.6) is 0 Å². The van der Waals surface area contributed by atoms with E-state index >= 15 is 0 Å². The SMILES string of the molecule is C#CC(CC)(CC)NC(=O)CON=C(C)c1cccs1. The van der Waals surface area contributed by atoms with Crippen LogP contribution in [-0.4, -0.2) is 23.8 Å². The number of oxime groups is 1. The third-order valence-corrected chi connectivity index (χ3v) is 4.12. The Kier molecular flexibility index (Phi) is 6.26. The maximum absolute atomic E-state index is 11.8. The number of carbonyl (C=O) groups is 1. The van der Waals surface area contributed by atoms with E-state index < -0.39 is 5.54 Å². The number of hydrogen-bond donors (Lipinski definition) is 1. The molecule has 20 heavy (non-hydrogen) atoms. The van der Waals surface area contributed by atoms with Crippen molar-refractivity contribution in [2.75, 3.05) is 6.61 Å². The number of carbonyl (C=O) groups excluding carboxylic acids is 1. The van der Waals surface area contributed by atoms with Gasteiger partial charge in [-0.25, -0.2) is 0 Å². The molecule has 0 aliphatic rings. The number of rotatable bonds is 7. The van der Waals surface area contributed by atoms with Crippen LogP contribution in [-0.2, 0) is 9.63 Å². The van der Waals surface area contributed by atoms with Gasteiger partial charge in [0, 0.05) is 0 Å². The highest BCUT2D eigenvalue weighted by atomic mass is 32.1. The van der Waals surface area contributed by atoms with Gasteiger partial charge < -0.3 is 10.2 Å². The third kappa shape index (κ3) is 4.39. The van der Waals surface area contributed by atoms with E-state index in [1.54, 1.807) is 11.3 Å². The molecular formula is C15H20N2O2S. The maximum atomic E-state index is 11.8. The zero-order valence-electron chi connectivity index (χ0n) is 12.1. The second-order valence-corrected chi connectivity index (χ2v) is 5.36. The highest BCUT2D eigenvalue weighted by Gasteiger charge is 2.25. The highest BCUT2D eigenvalue weighted by molar-refractivity contribution is 7.12. The van der Waals surface area contributed by atoms with Crippen molar-refractivity contribution >= 4 is 23.0 Å². The average Bonchev–Trinajstić information content (AvgIpc) is 2.99. The summed E-state index contributed by atoms with van der Waals surface area (Å²) in [5.74, 6) is 2.39. The summed E-state index contributed by atoms with van der Waals surface area (Å²) in [5, 5.41) is 8.71. The monoisotopic (exact) mass is 292 g/mol. The second-order valence-electron chi connectivity index (χ2n) is 4.41. The Morgan fingerprint density at radius 3 is 2.75 bits per heavy atom. The van der Waals surface area contributed by atoms with Gasteiger partial charge in [0.1, 0.15) is 5.54 Å². The van der Waals surface area contributed by atoms with E-state index in [2.05, 4.69) is 16.4 Å². The number of nitrogens with one attached hydrogen (secondary N) is 1. The van der Waals surface area contributed by atoms with Crippen LogP contribution in [0.4, 0.5) is 0 Å². The minimum Gasteiger partial charge on any atom is -0.385 e. The fourth-order valence-corrected chi connectivity index (χ4v) is 2.36. The Morgan fingerprint density at radius 2 is 2.25 bits per heavy atom. The molecule has 0 atom stereocenters. The van der Waals surface area contributed by atoms with Gasteiger partial charge in [-0.15, -0.1) is 17.8 Å². The van der Waals surface area contributed by atoms with E-state index in [-0.39, 0.29) is 12.5 Å². The van der Waals surface area contributed by atoms with Crippen LogP contribution in [0.25, 0.3) is 0 Å². The van der Waals surface area contributed by atoms with Gasteiger partial charge in [0.05, 0.1) is 10.6 Å². The molecule has 0 bridgehead atoms. The van der Waals surface area contributed by atoms with Gasteiger partial charge in [-0.05, 0) is 31.2 Å². The summed E-state index contributed by atoms with van der Waals surface area (Å²) in [5.41, 5.74) is 0.162. The first-order valence-electron chi connectivity index (χ1n) is 6.56. The maximum Gasteiger partial charge on any atom is 0.261 e. The smallest absolute Gasteiger partial charge is 0.261 e. The quantitative estimate of drug-likeness (QED) is 0.477. The zero-order valence-corrected chi connectivity index (χ0v) is 12.9. The zero-order chi connectivity index (χ0) is 15.0. The second kappa shape index (κ2) is 7.71. The molecule has 0 aliphatic heterocycles. The highest BCUT2D eigenvalue weighted by Crippen LogP contribution is 2.13. The van der Waals surface area contributed by atoms with Crippen molar-refractivity contribution in [1.29, 1.82) is 0 Å². The molecule has 0 saturated heterocycles. The van der Waals surface area contributed by atoms with E-state index in [1.807, 2.05) is 38.3 Å². The largest absolute Gasteiger partial charge is 0.385 e. The molecule has 108 valence electrons. The van der Waals surface area contributed by atoms with Crippen LogP contribution in [0.2, 0.25) is 0 Å². The summed E-state index contributed by atoms with van der Waals surface area (Å²) in [7, 11) is 0. The number of amides is 1. The van der Waals surface area contributed by atoms with Crippen molar-refractivity contribution in [2.24, 2.45) is 5.16 Å². The van der Waals surface area contributed by atoms with Crippen molar-refractivity contribution in [3.8, 4) is 12.3 Å². The number of terminal acetylenes is 1. The lowest BCUT2D eigenvalue weighted by atomic mass is 9.94. The van der Waals surface area contributed by atoms with Crippen LogP contribution in [0.15, 0.2) is 22.7 Å². The lowest BCUT2D eigenvalue weighted by Gasteiger charge is -2.26. The summed E-state index contributed by atoms with van der Waals surface area (Å²) in [6.45, 7) is 5.60. The first-order chi connectivity index (χ1) is 9.56. The molecule has 0 aromatic carbocycles. The molecule has 1 aromatic heterocycles. The predicted molar refractivity (Wildman–Crippen MR) is 82.8 cm³/mol. The molecule has 0 spiro atoms. The van der Waals surface area contributed by atoms with Gasteiger partial charge in [0.15, 0.2) is 6.61 Å². The molecular weight excluding hydrogens is 272 g/mol. The van der Waals surface area contributed by atoms with Gasteiger partial charge in [0.25, 0.3) is 5.91 Å². The number of hydrogen-bond acceptors (Lipinski definition) is 4. The molecule has 0 unspecified atom stereocenters. The predicted octanol–water partition coefficient (Wildman–Crippen LogP) is 2.80. The molecule has 1 heterocycles. The third-order valence-electron chi connectivity index (χ3n) is 3.14. The van der Waals surface area contributed by atoms with E-state index in [9.17, 15) is 4.79 Å². The van der Waals surface area contributed by atoms with E-state index in [0.29, 0.717) is 12.8 Å². The van der Waals surface area contributed by atoms with Gasteiger partial charge >= 0.3 is 0 Å². The van der Waals surface area contributed by atoms with Gasteiger partial charge in [-0.3, -0.25) is 4.79 Å². The molecule has 1 N–H and O–H groups in total. The molecule has 0 radical (unpaired) electrons. The lowest BCUT2D eigenvalue weighted by molar-refractivity contribution is -0.127. The topological polar surface area (TPSA) is 50.7 Å². The van der Waals surface area contributed by atoms with E-state index in [4.69, 9.17) is 11.3 Å². The van der Waals surface area contributed by atoms with Crippen LogP contribution < -0.4 is 5.32 Å². The first kappa shape index (κ1) is 16.3. The van der Waals surface area contributed by atoms with Crippen molar-refractivity contribution in [3.05, 3.63) is 22.4 Å². The fraction of sp³-hybridized carbons (Fsp3) is 0.467. The summed E-state index contributed by atoms with van der Waals surface area (Å²) in [4.78, 5) is 17.9. The molecule has 1 rings (SSSR count). The fourth-order valence-electron chi connectivity index (χ4n) is 1.69. The van der Waals surface area contributed by atoms with Gasteiger partial charge in [-0.2, -0.15) is 0 Å². The van der Waals surface area contributed by atoms with Crippen molar-refractivity contribution in [2.45, 2.75) is 39.2 Å². The molecule has 0 aliphatic carbocycles. The molecule has 1 amide bonds. The van der Waals surface area contributed by atoms with Crippen molar-refractivity contribution < 1.29 is 9.63 Å². The summed E-state index contributed by atoms with van der Waals surface area (Å²) in [6, 6.07) is 3.89. The summed E-state index contributed by atoms with van der Waals surface area (Å²) in [6.07, 6.45) is 6.85. The van der Waals surface area contributed by atoms with Gasteiger partial charge in [0.2, 0.25) is 0 Å². The summed E-state index contributed by atoms with van der Waals surface area (Å²) < 4.78 is 0. The Balaban J connectivity index is 2.48. The van der Waals surface area contributed by atoms with Gasteiger partial charge in [-0.1, -0.05) is 31.0 Å².